The summed E-state index contributed by atoms with van der Waals surface area (Å²) in [7, 11) is 0. The zero-order valence-electron chi connectivity index (χ0n) is 20.3. The van der Waals surface area contributed by atoms with E-state index in [1.165, 1.54) is 68.1 Å². The molecule has 1 fully saturated rings. The van der Waals surface area contributed by atoms with Crippen molar-refractivity contribution in [1.29, 1.82) is 0 Å². The van der Waals surface area contributed by atoms with Crippen molar-refractivity contribution >= 4 is 16.8 Å². The fourth-order valence-electron chi connectivity index (χ4n) is 5.08. The molecule has 0 aromatic heterocycles. The molecule has 0 aliphatic heterocycles. The van der Waals surface area contributed by atoms with Crippen molar-refractivity contribution in [3.8, 4) is 23.0 Å². The Morgan fingerprint density at radius 3 is 2.31 bits per heavy atom. The van der Waals surface area contributed by atoms with Gasteiger partial charge in [-0.15, -0.1) is 0 Å². The number of benzene rings is 3. The molecule has 0 radical (unpaired) electrons. The molecule has 0 nitrogen and oxygen atoms in total. The van der Waals surface area contributed by atoms with Crippen LogP contribution in [0, 0.1) is 41.1 Å². The summed E-state index contributed by atoms with van der Waals surface area (Å²) in [5.41, 5.74) is 0.0443. The van der Waals surface area contributed by atoms with E-state index in [0.29, 0.717) is 11.5 Å². The van der Waals surface area contributed by atoms with Crippen LogP contribution in [-0.4, -0.2) is 0 Å². The van der Waals surface area contributed by atoms with E-state index >= 15 is 0 Å². The molecule has 0 N–H and O–H groups in total. The second-order valence-electron chi connectivity index (χ2n) is 9.64. The molecule has 1 aliphatic rings. The van der Waals surface area contributed by atoms with Crippen molar-refractivity contribution in [1.82, 2.24) is 0 Å². The van der Waals surface area contributed by atoms with Gasteiger partial charge in [-0.1, -0.05) is 68.7 Å². The number of halogens is 5. The normalized spacial score (nSPS) is 17.5. The van der Waals surface area contributed by atoms with Gasteiger partial charge >= 0.3 is 0 Å². The molecule has 5 heteroatoms. The van der Waals surface area contributed by atoms with Gasteiger partial charge < -0.3 is 0 Å². The third-order valence-electron chi connectivity index (χ3n) is 7.06. The minimum Gasteiger partial charge on any atom is -0.206 e. The summed E-state index contributed by atoms with van der Waals surface area (Å²) in [6.45, 7) is 2.21. The SMILES string of the molecule is CCCCCC1CCC(C#Cc2cc(F)c(-c3ccc4c(F)c(C=C(F)F)ccc4c3)c(F)c2)CC1. The van der Waals surface area contributed by atoms with Gasteiger partial charge in [-0.05, 0) is 60.7 Å². The van der Waals surface area contributed by atoms with Crippen LogP contribution in [-0.2, 0) is 0 Å². The Morgan fingerprint density at radius 2 is 1.64 bits per heavy atom. The summed E-state index contributed by atoms with van der Waals surface area (Å²) in [6.07, 6.45) is 7.88. The summed E-state index contributed by atoms with van der Waals surface area (Å²) < 4.78 is 69.6. The molecule has 4 rings (SSSR count). The van der Waals surface area contributed by atoms with Gasteiger partial charge in [-0.2, -0.15) is 8.78 Å². The third kappa shape index (κ3) is 6.16. The van der Waals surface area contributed by atoms with Crippen molar-refractivity contribution in [2.45, 2.75) is 58.3 Å². The minimum atomic E-state index is -2.01. The molecule has 0 heterocycles. The summed E-state index contributed by atoms with van der Waals surface area (Å²) in [4.78, 5) is 0. The summed E-state index contributed by atoms with van der Waals surface area (Å²) in [6, 6.07) is 9.29. The highest BCUT2D eigenvalue weighted by molar-refractivity contribution is 5.89. The fourth-order valence-corrected chi connectivity index (χ4v) is 5.08. The molecule has 0 saturated heterocycles. The van der Waals surface area contributed by atoms with Crippen molar-refractivity contribution in [3.05, 3.63) is 77.1 Å². The van der Waals surface area contributed by atoms with Crippen LogP contribution < -0.4 is 0 Å². The Balaban J connectivity index is 1.51. The first kappa shape index (κ1) is 25.9. The Bertz CT molecular complexity index is 1290. The van der Waals surface area contributed by atoms with Crippen LogP contribution in [0.25, 0.3) is 28.0 Å². The van der Waals surface area contributed by atoms with Crippen LogP contribution in [0.5, 0.6) is 0 Å². The van der Waals surface area contributed by atoms with Crippen LogP contribution in [0.2, 0.25) is 0 Å². The first-order chi connectivity index (χ1) is 17.4. The standard InChI is InChI=1S/C31H29F5/c1-2-3-4-5-20-6-8-21(9-7-20)10-11-22-16-27(32)30(28(33)17-22)24-14-15-26-23(18-24)12-13-25(31(26)36)19-29(34)35/h12-21H,2-9H2,1H3. The van der Waals surface area contributed by atoms with E-state index in [9.17, 15) is 22.0 Å². The van der Waals surface area contributed by atoms with Gasteiger partial charge in [0.1, 0.15) is 17.5 Å². The first-order valence-corrected chi connectivity index (χ1v) is 12.6. The molecule has 1 saturated carbocycles. The van der Waals surface area contributed by atoms with Crippen LogP contribution in [0.4, 0.5) is 22.0 Å². The molecule has 3 aromatic carbocycles. The number of unbranched alkanes of at least 4 members (excludes halogenated alkanes) is 2. The van der Waals surface area contributed by atoms with Crippen molar-refractivity contribution in [3.63, 3.8) is 0 Å². The first-order valence-electron chi connectivity index (χ1n) is 12.6. The summed E-state index contributed by atoms with van der Waals surface area (Å²) >= 11 is 0. The minimum absolute atomic E-state index is 0.0946. The lowest BCUT2D eigenvalue weighted by Crippen LogP contribution is -2.13. The van der Waals surface area contributed by atoms with Crippen molar-refractivity contribution < 1.29 is 22.0 Å². The zero-order valence-corrected chi connectivity index (χ0v) is 20.3. The molecule has 0 amide bonds. The van der Waals surface area contributed by atoms with E-state index in [2.05, 4.69) is 18.8 Å². The Hall–Kier alpha value is -3.13. The van der Waals surface area contributed by atoms with E-state index < -0.39 is 23.5 Å². The summed E-state index contributed by atoms with van der Waals surface area (Å²) in [5, 5.41) is 0.450. The van der Waals surface area contributed by atoms with E-state index in [1.54, 1.807) is 0 Å². The van der Waals surface area contributed by atoms with Crippen molar-refractivity contribution in [2.24, 2.45) is 11.8 Å². The van der Waals surface area contributed by atoms with Crippen LogP contribution in [0.1, 0.15) is 69.4 Å². The zero-order chi connectivity index (χ0) is 25.7. The molecule has 1 aliphatic carbocycles. The lowest BCUT2D eigenvalue weighted by molar-refractivity contribution is 0.294. The predicted molar refractivity (Wildman–Crippen MR) is 136 cm³/mol. The molecular weight excluding hydrogens is 467 g/mol. The highest BCUT2D eigenvalue weighted by Gasteiger charge is 2.20. The van der Waals surface area contributed by atoms with E-state index in [0.717, 1.165) is 31.6 Å². The number of hydrogen-bond acceptors (Lipinski definition) is 0. The van der Waals surface area contributed by atoms with E-state index in [4.69, 9.17) is 0 Å². The van der Waals surface area contributed by atoms with Gasteiger partial charge in [0.2, 0.25) is 0 Å². The van der Waals surface area contributed by atoms with Gasteiger partial charge in [0, 0.05) is 28.5 Å². The Labute approximate surface area is 209 Å². The van der Waals surface area contributed by atoms with Gasteiger partial charge in [-0.3, -0.25) is 0 Å². The highest BCUT2D eigenvalue weighted by atomic mass is 19.3. The van der Waals surface area contributed by atoms with Gasteiger partial charge in [0.05, 0.1) is 5.56 Å². The number of rotatable bonds is 6. The van der Waals surface area contributed by atoms with Crippen LogP contribution in [0.15, 0.2) is 48.5 Å². The third-order valence-corrected chi connectivity index (χ3v) is 7.06. The fraction of sp³-hybridized carbons (Fsp3) is 0.355. The Kier molecular flexibility index (Phi) is 8.46. The number of hydrogen-bond donors (Lipinski definition) is 0. The molecule has 0 spiro atoms. The van der Waals surface area contributed by atoms with E-state index in [-0.39, 0.29) is 33.6 Å². The largest absolute Gasteiger partial charge is 0.271 e. The average molecular weight is 497 g/mol. The summed E-state index contributed by atoms with van der Waals surface area (Å²) in [5.74, 6) is 4.86. The quantitative estimate of drug-likeness (QED) is 0.181. The maximum atomic E-state index is 15.0. The van der Waals surface area contributed by atoms with Crippen LogP contribution >= 0.6 is 0 Å². The predicted octanol–water partition coefficient (Wildman–Crippen LogP) is 9.90. The molecule has 0 bridgehead atoms. The molecule has 36 heavy (non-hydrogen) atoms. The highest BCUT2D eigenvalue weighted by Crippen LogP contribution is 2.33. The molecule has 0 atom stereocenters. The van der Waals surface area contributed by atoms with Crippen LogP contribution in [0.3, 0.4) is 0 Å². The Morgan fingerprint density at radius 1 is 0.917 bits per heavy atom. The second kappa shape index (κ2) is 11.7. The van der Waals surface area contributed by atoms with E-state index in [1.807, 2.05) is 0 Å². The molecule has 188 valence electrons. The lowest BCUT2D eigenvalue weighted by Gasteiger charge is -2.25. The molecule has 0 unspecified atom stereocenters. The van der Waals surface area contributed by atoms with Gasteiger partial charge in [0.15, 0.2) is 0 Å². The van der Waals surface area contributed by atoms with Gasteiger partial charge in [0.25, 0.3) is 6.08 Å². The molecular formula is C31H29F5. The maximum absolute atomic E-state index is 15.0. The van der Waals surface area contributed by atoms with Gasteiger partial charge in [-0.25, -0.2) is 13.2 Å². The monoisotopic (exact) mass is 496 g/mol. The van der Waals surface area contributed by atoms with Crippen molar-refractivity contribution in [2.75, 3.05) is 0 Å². The maximum Gasteiger partial charge on any atom is 0.271 e. The topological polar surface area (TPSA) is 0 Å². The molecule has 3 aromatic rings. The smallest absolute Gasteiger partial charge is 0.206 e. The lowest BCUT2D eigenvalue weighted by atomic mass is 9.80. The number of fused-ring (bicyclic) bond motifs is 1. The average Bonchev–Trinajstić information content (AvgIpc) is 2.85. The second-order valence-corrected chi connectivity index (χ2v) is 9.64.